The van der Waals surface area contributed by atoms with Gasteiger partial charge in [0.1, 0.15) is 18.5 Å². The smallest absolute Gasteiger partial charge is 0.119 e. The van der Waals surface area contributed by atoms with E-state index in [4.69, 9.17) is 4.74 Å². The van der Waals surface area contributed by atoms with Gasteiger partial charge in [-0.1, -0.05) is 12.1 Å². The summed E-state index contributed by atoms with van der Waals surface area (Å²) in [4.78, 5) is 9.60. The summed E-state index contributed by atoms with van der Waals surface area (Å²) in [5.41, 5.74) is 1.53. The maximum absolute atomic E-state index is 10.3. The quantitative estimate of drug-likeness (QED) is 0.755. The molecule has 2 fully saturated rings. The van der Waals surface area contributed by atoms with Crippen LogP contribution in [0.1, 0.15) is 19.4 Å². The highest BCUT2D eigenvalue weighted by Crippen LogP contribution is 2.21. The first kappa shape index (κ1) is 21.5. The van der Waals surface area contributed by atoms with Crippen LogP contribution in [-0.4, -0.2) is 109 Å². The Hall–Kier alpha value is -1.18. The molecule has 0 unspecified atom stereocenters. The lowest BCUT2D eigenvalue weighted by Gasteiger charge is -2.45. The van der Waals surface area contributed by atoms with E-state index in [1.807, 2.05) is 12.1 Å². The van der Waals surface area contributed by atoms with Gasteiger partial charge in [-0.2, -0.15) is 0 Å². The largest absolute Gasteiger partial charge is 0.491 e. The summed E-state index contributed by atoms with van der Waals surface area (Å²) in [5, 5.41) is 10.3. The minimum Gasteiger partial charge on any atom is -0.491 e. The minimum absolute atomic E-state index is 0.223. The van der Waals surface area contributed by atoms with Crippen LogP contribution >= 0.6 is 0 Å². The molecule has 2 aliphatic rings. The monoisotopic (exact) mass is 390 g/mol. The van der Waals surface area contributed by atoms with E-state index in [0.717, 1.165) is 58.1 Å². The summed E-state index contributed by atoms with van der Waals surface area (Å²) >= 11 is 0. The average molecular weight is 391 g/mol. The Kier molecular flexibility index (Phi) is 7.34. The number of aliphatic hydroxyl groups excluding tert-OH is 1. The SMILES string of the molecule is CN1CCN(C[C@H](O)COc2ccc(CN3CCN(C)C(C)(C)C3)cc2)CC1. The van der Waals surface area contributed by atoms with E-state index in [-0.39, 0.29) is 5.54 Å². The summed E-state index contributed by atoms with van der Waals surface area (Å²) < 4.78 is 5.82. The molecular weight excluding hydrogens is 352 g/mol. The second kappa shape index (κ2) is 9.55. The van der Waals surface area contributed by atoms with Crippen LogP contribution in [0.15, 0.2) is 24.3 Å². The Morgan fingerprint density at radius 3 is 2.25 bits per heavy atom. The minimum atomic E-state index is -0.448. The Bertz CT molecular complexity index is 599. The Balaban J connectivity index is 1.40. The lowest BCUT2D eigenvalue weighted by molar-refractivity contribution is 0.0360. The van der Waals surface area contributed by atoms with Crippen molar-refractivity contribution in [3.63, 3.8) is 0 Å². The van der Waals surface area contributed by atoms with Crippen molar-refractivity contribution in [1.82, 2.24) is 19.6 Å². The number of hydrogen-bond acceptors (Lipinski definition) is 6. The summed E-state index contributed by atoms with van der Waals surface area (Å²) in [7, 11) is 4.35. The van der Waals surface area contributed by atoms with Crippen LogP contribution < -0.4 is 4.74 Å². The summed E-state index contributed by atoms with van der Waals surface area (Å²) in [6.45, 7) is 14.1. The van der Waals surface area contributed by atoms with Crippen molar-refractivity contribution in [2.75, 3.05) is 73.1 Å². The third-order valence-corrected chi connectivity index (χ3v) is 6.23. The summed E-state index contributed by atoms with van der Waals surface area (Å²) in [5.74, 6) is 0.833. The van der Waals surface area contributed by atoms with Crippen molar-refractivity contribution in [2.45, 2.75) is 32.0 Å². The summed E-state index contributed by atoms with van der Waals surface area (Å²) in [6.07, 6.45) is -0.448. The van der Waals surface area contributed by atoms with E-state index in [2.05, 4.69) is 59.7 Å². The molecule has 3 rings (SSSR count). The lowest BCUT2D eigenvalue weighted by atomic mass is 9.99. The van der Waals surface area contributed by atoms with Crippen LogP contribution in [0.3, 0.4) is 0 Å². The van der Waals surface area contributed by atoms with Gasteiger partial charge in [-0.3, -0.25) is 14.7 Å². The van der Waals surface area contributed by atoms with Crippen LogP contribution in [0.5, 0.6) is 5.75 Å². The predicted octanol–water partition coefficient (Wildman–Crippen LogP) is 1.20. The van der Waals surface area contributed by atoms with Crippen molar-refractivity contribution >= 4 is 0 Å². The molecule has 0 spiro atoms. The molecule has 1 aromatic carbocycles. The maximum Gasteiger partial charge on any atom is 0.119 e. The average Bonchev–Trinajstić information content (AvgIpc) is 2.66. The van der Waals surface area contributed by atoms with Gasteiger partial charge in [0.15, 0.2) is 0 Å². The number of benzene rings is 1. The van der Waals surface area contributed by atoms with Crippen molar-refractivity contribution in [3.8, 4) is 5.75 Å². The molecule has 6 nitrogen and oxygen atoms in total. The second-order valence-corrected chi connectivity index (χ2v) is 9.16. The molecule has 0 aliphatic carbocycles. The van der Waals surface area contributed by atoms with Crippen LogP contribution in [0, 0.1) is 0 Å². The van der Waals surface area contributed by atoms with Gasteiger partial charge >= 0.3 is 0 Å². The van der Waals surface area contributed by atoms with E-state index in [9.17, 15) is 5.11 Å². The van der Waals surface area contributed by atoms with E-state index < -0.39 is 6.10 Å². The van der Waals surface area contributed by atoms with Gasteiger partial charge in [-0.15, -0.1) is 0 Å². The van der Waals surface area contributed by atoms with Gasteiger partial charge in [-0.05, 0) is 45.6 Å². The molecule has 158 valence electrons. The molecule has 2 aliphatic heterocycles. The molecule has 1 atom stereocenters. The Morgan fingerprint density at radius 2 is 1.61 bits per heavy atom. The second-order valence-electron chi connectivity index (χ2n) is 9.16. The van der Waals surface area contributed by atoms with Crippen LogP contribution in [0.25, 0.3) is 0 Å². The molecule has 0 bridgehead atoms. The Labute approximate surface area is 170 Å². The third kappa shape index (κ3) is 6.16. The molecule has 0 aromatic heterocycles. The van der Waals surface area contributed by atoms with Gasteiger partial charge in [0.25, 0.3) is 0 Å². The fourth-order valence-electron chi connectivity index (χ4n) is 4.00. The molecular formula is C22H38N4O2. The van der Waals surface area contributed by atoms with Gasteiger partial charge in [0.05, 0.1) is 0 Å². The molecule has 0 radical (unpaired) electrons. The van der Waals surface area contributed by atoms with E-state index in [0.29, 0.717) is 13.2 Å². The fraction of sp³-hybridized carbons (Fsp3) is 0.727. The normalized spacial score (nSPS) is 23.6. The first-order chi connectivity index (χ1) is 13.3. The number of nitrogens with zero attached hydrogens (tertiary/aromatic N) is 4. The van der Waals surface area contributed by atoms with Crippen molar-refractivity contribution in [1.29, 1.82) is 0 Å². The molecule has 0 amide bonds. The highest BCUT2D eigenvalue weighted by atomic mass is 16.5. The van der Waals surface area contributed by atoms with E-state index >= 15 is 0 Å². The molecule has 2 heterocycles. The highest BCUT2D eigenvalue weighted by Gasteiger charge is 2.30. The van der Waals surface area contributed by atoms with Gasteiger partial charge in [0.2, 0.25) is 0 Å². The first-order valence-corrected chi connectivity index (χ1v) is 10.6. The maximum atomic E-state index is 10.3. The van der Waals surface area contributed by atoms with Crippen LogP contribution in [0.2, 0.25) is 0 Å². The number of aliphatic hydroxyl groups is 1. The molecule has 1 aromatic rings. The topological polar surface area (TPSA) is 42.4 Å². The van der Waals surface area contributed by atoms with E-state index in [1.165, 1.54) is 5.56 Å². The number of hydrogen-bond donors (Lipinski definition) is 1. The van der Waals surface area contributed by atoms with E-state index in [1.54, 1.807) is 0 Å². The molecule has 2 saturated heterocycles. The molecule has 6 heteroatoms. The molecule has 28 heavy (non-hydrogen) atoms. The van der Waals surface area contributed by atoms with Crippen molar-refractivity contribution in [3.05, 3.63) is 29.8 Å². The predicted molar refractivity (Wildman–Crippen MR) is 114 cm³/mol. The lowest BCUT2D eigenvalue weighted by Crippen LogP contribution is -2.57. The van der Waals surface area contributed by atoms with Crippen LogP contribution in [-0.2, 0) is 6.54 Å². The fourth-order valence-corrected chi connectivity index (χ4v) is 4.00. The number of β-amino-alcohol motifs (C(OH)–C–C–N with tert-alkyl or cyclic N) is 1. The van der Waals surface area contributed by atoms with Gasteiger partial charge in [0, 0.05) is 64.4 Å². The number of ether oxygens (including phenoxy) is 1. The van der Waals surface area contributed by atoms with Gasteiger partial charge < -0.3 is 14.7 Å². The number of rotatable bonds is 7. The first-order valence-electron chi connectivity index (χ1n) is 10.6. The van der Waals surface area contributed by atoms with Crippen LogP contribution in [0.4, 0.5) is 0 Å². The highest BCUT2D eigenvalue weighted by molar-refractivity contribution is 5.27. The zero-order valence-corrected chi connectivity index (χ0v) is 18.1. The number of piperazine rings is 2. The molecule has 0 saturated carbocycles. The molecule has 1 N–H and O–H groups in total. The van der Waals surface area contributed by atoms with Crippen molar-refractivity contribution in [2.24, 2.45) is 0 Å². The summed E-state index contributed by atoms with van der Waals surface area (Å²) in [6, 6.07) is 8.35. The zero-order valence-electron chi connectivity index (χ0n) is 18.1. The Morgan fingerprint density at radius 1 is 0.964 bits per heavy atom. The zero-order chi connectivity index (χ0) is 20.1. The third-order valence-electron chi connectivity index (χ3n) is 6.23. The van der Waals surface area contributed by atoms with Crippen molar-refractivity contribution < 1.29 is 9.84 Å². The number of likely N-dealkylation sites (N-methyl/N-ethyl adjacent to an activating group) is 2. The van der Waals surface area contributed by atoms with Gasteiger partial charge in [-0.25, -0.2) is 0 Å². The standard InChI is InChI=1S/C22H38N4O2/c1-22(2)18-26(14-11-24(22)4)15-19-5-7-21(8-6-19)28-17-20(27)16-25-12-9-23(3)10-13-25/h5-8,20,27H,9-18H2,1-4H3/t20-/m0/s1.